The first-order valence-electron chi connectivity index (χ1n) is 2.73. The molecule has 1 aromatic heterocycles. The van der Waals surface area contributed by atoms with E-state index in [4.69, 9.17) is 5.73 Å². The quantitative estimate of drug-likeness (QED) is 0.718. The van der Waals surface area contributed by atoms with Gasteiger partial charge in [-0.05, 0) is 0 Å². The lowest BCUT2D eigenvalue weighted by molar-refractivity contribution is -0.149. The summed E-state index contributed by atoms with van der Waals surface area (Å²) in [4.78, 5) is 3.46. The van der Waals surface area contributed by atoms with Crippen molar-refractivity contribution in [2.45, 2.75) is 12.2 Å². The summed E-state index contributed by atoms with van der Waals surface area (Å²) in [6.45, 7) is 0. The Balaban J connectivity index is 2.78. The van der Waals surface area contributed by atoms with Crippen LogP contribution in [0.15, 0.2) is 11.6 Å². The van der Waals surface area contributed by atoms with Gasteiger partial charge in [-0.25, -0.2) is 4.98 Å². The maximum atomic E-state index is 11.9. The van der Waals surface area contributed by atoms with Crippen LogP contribution in [0, 0.1) is 0 Å². The predicted octanol–water partition coefficient (Wildman–Crippen LogP) is 1.71. The van der Waals surface area contributed by atoms with Crippen LogP contribution in [0.2, 0.25) is 0 Å². The molecule has 0 aliphatic heterocycles. The molecular weight excluding hydrogens is 177 g/mol. The van der Waals surface area contributed by atoms with Crippen molar-refractivity contribution in [2.24, 2.45) is 5.73 Å². The highest BCUT2D eigenvalue weighted by molar-refractivity contribution is 7.09. The zero-order chi connectivity index (χ0) is 8.48. The molecule has 11 heavy (non-hydrogen) atoms. The first kappa shape index (κ1) is 8.48. The molecule has 0 amide bonds. The van der Waals surface area contributed by atoms with Crippen LogP contribution in [0.4, 0.5) is 13.2 Å². The van der Waals surface area contributed by atoms with Gasteiger partial charge in [-0.3, -0.25) is 0 Å². The monoisotopic (exact) mass is 182 g/mol. The summed E-state index contributed by atoms with van der Waals surface area (Å²) in [5.41, 5.74) is 4.84. The summed E-state index contributed by atoms with van der Waals surface area (Å²) in [6, 6.07) is -1.94. The summed E-state index contributed by atoms with van der Waals surface area (Å²) in [7, 11) is 0. The van der Waals surface area contributed by atoms with Gasteiger partial charge < -0.3 is 5.73 Å². The van der Waals surface area contributed by atoms with Gasteiger partial charge in [0.25, 0.3) is 0 Å². The molecule has 1 atom stereocenters. The molecule has 2 N–H and O–H groups in total. The molecule has 6 heteroatoms. The lowest BCUT2D eigenvalue weighted by atomic mass is 10.3. The third-order valence-corrected chi connectivity index (χ3v) is 1.93. The lowest BCUT2D eigenvalue weighted by Crippen LogP contribution is -2.28. The van der Waals surface area contributed by atoms with E-state index < -0.39 is 12.2 Å². The summed E-state index contributed by atoms with van der Waals surface area (Å²) in [6.07, 6.45) is -3.09. The van der Waals surface area contributed by atoms with Crippen LogP contribution >= 0.6 is 11.3 Å². The predicted molar refractivity (Wildman–Crippen MR) is 35.1 cm³/mol. The Kier molecular flexibility index (Phi) is 2.15. The van der Waals surface area contributed by atoms with E-state index in [9.17, 15) is 13.2 Å². The topological polar surface area (TPSA) is 38.9 Å². The fraction of sp³-hybridized carbons (Fsp3) is 0.400. The smallest absolute Gasteiger partial charge is 0.314 e. The van der Waals surface area contributed by atoms with Crippen LogP contribution < -0.4 is 5.73 Å². The second kappa shape index (κ2) is 2.78. The number of hydrogen-bond donors (Lipinski definition) is 1. The molecule has 0 saturated carbocycles. The highest BCUT2D eigenvalue weighted by atomic mass is 32.1. The number of alkyl halides is 3. The van der Waals surface area contributed by atoms with Crippen LogP contribution in [-0.2, 0) is 0 Å². The van der Waals surface area contributed by atoms with Gasteiger partial charge in [-0.15, -0.1) is 11.3 Å². The first-order valence-corrected chi connectivity index (χ1v) is 3.61. The summed E-state index contributed by atoms with van der Waals surface area (Å²) in [5.74, 6) is 0. The Labute approximate surface area is 64.9 Å². The molecule has 1 aromatic rings. The van der Waals surface area contributed by atoms with Gasteiger partial charge in [0.05, 0.1) is 0 Å². The van der Waals surface area contributed by atoms with E-state index in [0.717, 1.165) is 11.3 Å². The summed E-state index contributed by atoms with van der Waals surface area (Å²) in [5, 5.41) is 1.36. The number of thiazole rings is 1. The third-order valence-electron chi connectivity index (χ3n) is 1.07. The molecule has 0 aliphatic carbocycles. The Morgan fingerprint density at radius 2 is 2.18 bits per heavy atom. The Hall–Kier alpha value is -0.620. The van der Waals surface area contributed by atoms with Gasteiger partial charge in [0.1, 0.15) is 5.01 Å². The van der Waals surface area contributed by atoms with Crippen molar-refractivity contribution in [2.75, 3.05) is 0 Å². The van der Waals surface area contributed by atoms with Crippen molar-refractivity contribution in [1.29, 1.82) is 0 Å². The number of halogens is 3. The normalized spacial score (nSPS) is 14.9. The average Bonchev–Trinajstić information content (AvgIpc) is 2.34. The van der Waals surface area contributed by atoms with Crippen molar-refractivity contribution < 1.29 is 13.2 Å². The molecular formula is C5H5F3N2S. The molecule has 0 fully saturated rings. The number of nitrogens with two attached hydrogens (primary N) is 1. The first-order chi connectivity index (χ1) is 5.02. The van der Waals surface area contributed by atoms with Crippen LogP contribution in [0.5, 0.6) is 0 Å². The van der Waals surface area contributed by atoms with Crippen molar-refractivity contribution in [3.8, 4) is 0 Å². The zero-order valence-electron chi connectivity index (χ0n) is 5.30. The lowest BCUT2D eigenvalue weighted by Gasteiger charge is -2.11. The second-order valence-electron chi connectivity index (χ2n) is 1.89. The molecule has 1 rings (SSSR count). The van der Waals surface area contributed by atoms with Crippen molar-refractivity contribution >= 4 is 11.3 Å². The van der Waals surface area contributed by atoms with Gasteiger partial charge in [0.2, 0.25) is 0 Å². The third kappa shape index (κ3) is 1.90. The molecule has 0 aliphatic rings. The molecule has 0 saturated heterocycles. The fourth-order valence-corrected chi connectivity index (χ4v) is 1.19. The molecule has 0 aromatic carbocycles. The Morgan fingerprint density at radius 3 is 2.55 bits per heavy atom. The number of rotatable bonds is 1. The minimum Gasteiger partial charge on any atom is -0.314 e. The van der Waals surface area contributed by atoms with Crippen LogP contribution in [-0.4, -0.2) is 11.2 Å². The second-order valence-corrected chi connectivity index (χ2v) is 2.82. The molecule has 2 nitrogen and oxygen atoms in total. The summed E-state index contributed by atoms with van der Waals surface area (Å²) < 4.78 is 35.6. The Bertz CT molecular complexity index is 218. The van der Waals surface area contributed by atoms with Gasteiger partial charge in [-0.1, -0.05) is 0 Å². The van der Waals surface area contributed by atoms with Gasteiger partial charge >= 0.3 is 6.18 Å². The number of nitrogens with zero attached hydrogens (tertiary/aromatic N) is 1. The molecule has 0 spiro atoms. The highest BCUT2D eigenvalue weighted by Gasteiger charge is 2.39. The van der Waals surface area contributed by atoms with E-state index in [2.05, 4.69) is 4.98 Å². The van der Waals surface area contributed by atoms with E-state index in [0.29, 0.717) is 0 Å². The maximum Gasteiger partial charge on any atom is 0.410 e. The Morgan fingerprint density at radius 1 is 1.55 bits per heavy atom. The fourth-order valence-electron chi connectivity index (χ4n) is 0.528. The van der Waals surface area contributed by atoms with Crippen molar-refractivity contribution in [1.82, 2.24) is 4.98 Å². The SMILES string of the molecule is NC(c1nccs1)C(F)(F)F. The molecule has 1 unspecified atom stereocenters. The van der Waals surface area contributed by atoms with Gasteiger partial charge in [0, 0.05) is 11.6 Å². The largest absolute Gasteiger partial charge is 0.410 e. The zero-order valence-corrected chi connectivity index (χ0v) is 6.12. The van der Waals surface area contributed by atoms with E-state index >= 15 is 0 Å². The number of aromatic nitrogens is 1. The van der Waals surface area contributed by atoms with Gasteiger partial charge in [0.15, 0.2) is 6.04 Å². The minimum atomic E-state index is -4.39. The molecule has 1 heterocycles. The van der Waals surface area contributed by atoms with Crippen molar-refractivity contribution in [3.05, 3.63) is 16.6 Å². The van der Waals surface area contributed by atoms with Gasteiger partial charge in [-0.2, -0.15) is 13.2 Å². The van der Waals surface area contributed by atoms with E-state index in [1.54, 1.807) is 0 Å². The van der Waals surface area contributed by atoms with Crippen LogP contribution in [0.25, 0.3) is 0 Å². The van der Waals surface area contributed by atoms with E-state index in [1.807, 2.05) is 0 Å². The number of hydrogen-bond acceptors (Lipinski definition) is 3. The van der Waals surface area contributed by atoms with Crippen LogP contribution in [0.1, 0.15) is 11.0 Å². The van der Waals surface area contributed by atoms with Crippen molar-refractivity contribution in [3.63, 3.8) is 0 Å². The standard InChI is InChI=1S/C5H5F3N2S/c6-5(7,8)3(9)4-10-1-2-11-4/h1-3H,9H2. The maximum absolute atomic E-state index is 11.9. The van der Waals surface area contributed by atoms with E-state index in [-0.39, 0.29) is 5.01 Å². The summed E-state index contributed by atoms with van der Waals surface area (Å²) >= 11 is 0.902. The molecule has 0 radical (unpaired) electrons. The molecule has 62 valence electrons. The highest BCUT2D eigenvalue weighted by Crippen LogP contribution is 2.30. The van der Waals surface area contributed by atoms with Crippen LogP contribution in [0.3, 0.4) is 0 Å². The van der Waals surface area contributed by atoms with E-state index in [1.165, 1.54) is 11.6 Å². The molecule has 0 bridgehead atoms. The average molecular weight is 182 g/mol. The minimum absolute atomic E-state index is 0.0995.